The van der Waals surface area contributed by atoms with Crippen molar-refractivity contribution in [3.63, 3.8) is 0 Å². The minimum atomic E-state index is -0.385. The number of hydrogen-bond donors (Lipinski definition) is 0. The number of hydrogen-bond acceptors (Lipinski definition) is 2. The van der Waals surface area contributed by atoms with Crippen LogP contribution in [0.25, 0.3) is 0 Å². The quantitative estimate of drug-likeness (QED) is 0.785. The molecule has 0 radical (unpaired) electrons. The first-order valence-electron chi connectivity index (χ1n) is 6.11. The van der Waals surface area contributed by atoms with Gasteiger partial charge in [0, 0.05) is 11.1 Å². The lowest BCUT2D eigenvalue weighted by atomic mass is 10.1. The Balaban J connectivity index is 2.21. The smallest absolute Gasteiger partial charge is 0.124 e. The molecule has 0 aliphatic carbocycles. The standard InChI is InChI=1S/C16H13ClFNO/c1-11-2-5-16(13(6-11)8-17)20-10-14-7-15(18)4-3-12(14)9-19/h2-7H,8,10H2,1H3. The van der Waals surface area contributed by atoms with Crippen LogP contribution < -0.4 is 4.74 Å². The van der Waals surface area contributed by atoms with Gasteiger partial charge < -0.3 is 4.74 Å². The van der Waals surface area contributed by atoms with Crippen LogP contribution in [-0.2, 0) is 12.5 Å². The van der Waals surface area contributed by atoms with Gasteiger partial charge >= 0.3 is 0 Å². The number of nitriles is 1. The number of nitrogens with zero attached hydrogens (tertiary/aromatic N) is 1. The summed E-state index contributed by atoms with van der Waals surface area (Å²) in [6, 6.07) is 11.7. The van der Waals surface area contributed by atoms with Crippen molar-refractivity contribution >= 4 is 11.6 Å². The van der Waals surface area contributed by atoms with Crippen LogP contribution in [-0.4, -0.2) is 0 Å². The molecule has 20 heavy (non-hydrogen) atoms. The minimum absolute atomic E-state index is 0.133. The van der Waals surface area contributed by atoms with Crippen molar-refractivity contribution in [3.05, 3.63) is 64.5 Å². The van der Waals surface area contributed by atoms with E-state index >= 15 is 0 Å². The Hall–Kier alpha value is -2.05. The fraction of sp³-hybridized carbons (Fsp3) is 0.188. The van der Waals surface area contributed by atoms with E-state index in [2.05, 4.69) is 0 Å². The Bertz CT molecular complexity index is 664. The molecular weight excluding hydrogens is 277 g/mol. The zero-order valence-electron chi connectivity index (χ0n) is 11.0. The average molecular weight is 290 g/mol. The monoisotopic (exact) mass is 289 g/mol. The van der Waals surface area contributed by atoms with Crippen molar-refractivity contribution < 1.29 is 9.13 Å². The van der Waals surface area contributed by atoms with Gasteiger partial charge in [-0.2, -0.15) is 5.26 Å². The highest BCUT2D eigenvalue weighted by atomic mass is 35.5. The fourth-order valence-corrected chi connectivity index (χ4v) is 2.11. The van der Waals surface area contributed by atoms with Crippen molar-refractivity contribution in [1.82, 2.24) is 0 Å². The second-order valence-electron chi connectivity index (χ2n) is 4.45. The maximum absolute atomic E-state index is 13.2. The average Bonchev–Trinajstić information content (AvgIpc) is 2.46. The van der Waals surface area contributed by atoms with Crippen LogP contribution in [0.2, 0.25) is 0 Å². The van der Waals surface area contributed by atoms with E-state index in [1.165, 1.54) is 18.2 Å². The highest BCUT2D eigenvalue weighted by Crippen LogP contribution is 2.23. The van der Waals surface area contributed by atoms with E-state index < -0.39 is 0 Å². The molecule has 0 amide bonds. The summed E-state index contributed by atoms with van der Waals surface area (Å²) in [5, 5.41) is 8.99. The third kappa shape index (κ3) is 3.28. The van der Waals surface area contributed by atoms with Gasteiger partial charge in [-0.3, -0.25) is 0 Å². The summed E-state index contributed by atoms with van der Waals surface area (Å²) in [5.41, 5.74) is 2.90. The van der Waals surface area contributed by atoms with Gasteiger partial charge in [-0.1, -0.05) is 17.7 Å². The summed E-state index contributed by atoms with van der Waals surface area (Å²) >= 11 is 5.88. The van der Waals surface area contributed by atoms with Crippen LogP contribution in [0.5, 0.6) is 5.75 Å². The Morgan fingerprint density at radius 3 is 2.70 bits per heavy atom. The van der Waals surface area contributed by atoms with Crippen molar-refractivity contribution in [3.8, 4) is 11.8 Å². The second-order valence-corrected chi connectivity index (χ2v) is 4.71. The molecule has 0 heterocycles. The van der Waals surface area contributed by atoms with Crippen LogP contribution in [0.4, 0.5) is 4.39 Å². The number of alkyl halides is 1. The van der Waals surface area contributed by atoms with Gasteiger partial charge in [-0.05, 0) is 31.2 Å². The summed E-state index contributed by atoms with van der Waals surface area (Å²) in [7, 11) is 0. The summed E-state index contributed by atoms with van der Waals surface area (Å²) in [6.07, 6.45) is 0. The lowest BCUT2D eigenvalue weighted by Crippen LogP contribution is -2.01. The summed E-state index contributed by atoms with van der Waals surface area (Å²) in [6.45, 7) is 2.10. The van der Waals surface area contributed by atoms with Gasteiger partial charge in [0.05, 0.1) is 17.5 Å². The molecule has 0 fully saturated rings. The van der Waals surface area contributed by atoms with E-state index in [0.29, 0.717) is 22.8 Å². The molecule has 2 nitrogen and oxygen atoms in total. The highest BCUT2D eigenvalue weighted by molar-refractivity contribution is 6.17. The number of rotatable bonds is 4. The van der Waals surface area contributed by atoms with E-state index in [0.717, 1.165) is 11.1 Å². The predicted octanol–water partition coefficient (Wildman–Crippen LogP) is 4.32. The van der Waals surface area contributed by atoms with Gasteiger partial charge in [0.25, 0.3) is 0 Å². The minimum Gasteiger partial charge on any atom is -0.489 e. The van der Waals surface area contributed by atoms with Crippen LogP contribution in [0.15, 0.2) is 36.4 Å². The van der Waals surface area contributed by atoms with Gasteiger partial charge in [0.2, 0.25) is 0 Å². The fourth-order valence-electron chi connectivity index (χ4n) is 1.90. The number of benzene rings is 2. The number of aryl methyl sites for hydroxylation is 1. The number of ether oxygens (including phenoxy) is 1. The second kappa shape index (κ2) is 6.40. The maximum atomic E-state index is 13.2. The molecule has 0 aliphatic heterocycles. The highest BCUT2D eigenvalue weighted by Gasteiger charge is 2.07. The first-order chi connectivity index (χ1) is 9.63. The molecule has 2 rings (SSSR count). The third-order valence-electron chi connectivity index (χ3n) is 2.93. The molecule has 2 aromatic rings. The number of halogens is 2. The first-order valence-corrected chi connectivity index (χ1v) is 6.64. The van der Waals surface area contributed by atoms with E-state index in [-0.39, 0.29) is 12.4 Å². The van der Waals surface area contributed by atoms with Gasteiger partial charge in [-0.25, -0.2) is 4.39 Å². The maximum Gasteiger partial charge on any atom is 0.124 e. The normalized spacial score (nSPS) is 10.1. The molecule has 0 bridgehead atoms. The third-order valence-corrected chi connectivity index (χ3v) is 3.22. The summed E-state index contributed by atoms with van der Waals surface area (Å²) < 4.78 is 18.9. The topological polar surface area (TPSA) is 33.0 Å². The molecule has 0 spiro atoms. The SMILES string of the molecule is Cc1ccc(OCc2cc(F)ccc2C#N)c(CCl)c1. The molecule has 0 aliphatic rings. The summed E-state index contributed by atoms with van der Waals surface area (Å²) in [5.74, 6) is 0.605. The van der Waals surface area contributed by atoms with Crippen molar-refractivity contribution in [1.29, 1.82) is 5.26 Å². The predicted molar refractivity (Wildman–Crippen MR) is 76.2 cm³/mol. The van der Waals surface area contributed by atoms with Gasteiger partial charge in [0.1, 0.15) is 18.2 Å². The largest absolute Gasteiger partial charge is 0.489 e. The molecule has 0 saturated carbocycles. The summed E-state index contributed by atoms with van der Waals surface area (Å²) in [4.78, 5) is 0. The molecule has 0 atom stereocenters. The lowest BCUT2D eigenvalue weighted by Gasteiger charge is -2.11. The van der Waals surface area contributed by atoms with Gasteiger partial charge in [0.15, 0.2) is 0 Å². The Labute approximate surface area is 122 Å². The van der Waals surface area contributed by atoms with Crippen molar-refractivity contribution in [2.45, 2.75) is 19.4 Å². The van der Waals surface area contributed by atoms with Crippen LogP contribution in [0.1, 0.15) is 22.3 Å². The van der Waals surface area contributed by atoms with Crippen LogP contribution in [0.3, 0.4) is 0 Å². The first kappa shape index (κ1) is 14.4. The Morgan fingerprint density at radius 2 is 2.00 bits per heavy atom. The molecule has 0 N–H and O–H groups in total. The molecule has 0 saturated heterocycles. The van der Waals surface area contributed by atoms with E-state index in [1.807, 2.05) is 31.2 Å². The van der Waals surface area contributed by atoms with Crippen LogP contribution in [0, 0.1) is 24.1 Å². The Kier molecular flexibility index (Phi) is 4.60. The lowest BCUT2D eigenvalue weighted by molar-refractivity contribution is 0.303. The zero-order valence-corrected chi connectivity index (χ0v) is 11.7. The molecular formula is C16H13ClFNO. The van der Waals surface area contributed by atoms with Gasteiger partial charge in [-0.15, -0.1) is 11.6 Å². The zero-order chi connectivity index (χ0) is 14.5. The molecule has 0 unspecified atom stereocenters. The van der Waals surface area contributed by atoms with Crippen LogP contribution >= 0.6 is 11.6 Å². The van der Waals surface area contributed by atoms with E-state index in [9.17, 15) is 4.39 Å². The molecule has 0 aromatic heterocycles. The Morgan fingerprint density at radius 1 is 1.20 bits per heavy atom. The van der Waals surface area contributed by atoms with Crippen molar-refractivity contribution in [2.75, 3.05) is 0 Å². The van der Waals surface area contributed by atoms with E-state index in [1.54, 1.807) is 0 Å². The molecule has 4 heteroatoms. The van der Waals surface area contributed by atoms with E-state index in [4.69, 9.17) is 21.6 Å². The van der Waals surface area contributed by atoms with Crippen molar-refractivity contribution in [2.24, 2.45) is 0 Å². The molecule has 102 valence electrons. The molecule has 2 aromatic carbocycles.